The van der Waals surface area contributed by atoms with Crippen molar-refractivity contribution in [2.75, 3.05) is 13.1 Å². The Kier molecular flexibility index (Phi) is 4.32. The van der Waals surface area contributed by atoms with E-state index in [4.69, 9.17) is 11.6 Å². The summed E-state index contributed by atoms with van der Waals surface area (Å²) in [6, 6.07) is 4.46. The number of likely N-dealkylation sites (tertiary alicyclic amines) is 1. The van der Waals surface area contributed by atoms with Crippen LogP contribution in [0.2, 0.25) is 5.02 Å². The van der Waals surface area contributed by atoms with Crippen molar-refractivity contribution in [3.05, 3.63) is 28.8 Å². The Labute approximate surface area is 117 Å². The van der Waals surface area contributed by atoms with E-state index < -0.39 is 0 Å². The van der Waals surface area contributed by atoms with Gasteiger partial charge in [-0.05, 0) is 43.9 Å². The van der Waals surface area contributed by atoms with Crippen LogP contribution in [0.25, 0.3) is 0 Å². The fourth-order valence-corrected chi connectivity index (χ4v) is 2.61. The highest BCUT2D eigenvalue weighted by Gasteiger charge is 2.27. The van der Waals surface area contributed by atoms with Crippen LogP contribution in [-0.4, -0.2) is 40.2 Å². The van der Waals surface area contributed by atoms with E-state index >= 15 is 0 Å². The molecule has 0 aromatic heterocycles. The lowest BCUT2D eigenvalue weighted by molar-refractivity contribution is 0.0519. The normalized spacial score (nSPS) is 18.4. The Bertz CT molecular complexity index is 468. The van der Waals surface area contributed by atoms with Gasteiger partial charge < -0.3 is 15.1 Å². The monoisotopic (exact) mass is 283 g/mol. The van der Waals surface area contributed by atoms with E-state index in [1.165, 1.54) is 12.1 Å². The average Bonchev–Trinajstić information content (AvgIpc) is 2.41. The van der Waals surface area contributed by atoms with Gasteiger partial charge in [-0.3, -0.25) is 4.79 Å². The predicted molar refractivity (Wildman–Crippen MR) is 73.4 cm³/mol. The molecule has 4 nitrogen and oxygen atoms in total. The van der Waals surface area contributed by atoms with Crippen molar-refractivity contribution in [3.63, 3.8) is 0 Å². The molecule has 1 unspecified atom stereocenters. The zero-order valence-corrected chi connectivity index (χ0v) is 11.6. The molecule has 0 bridgehead atoms. The van der Waals surface area contributed by atoms with E-state index in [9.17, 15) is 15.0 Å². The van der Waals surface area contributed by atoms with Gasteiger partial charge in [0.25, 0.3) is 5.91 Å². The van der Waals surface area contributed by atoms with Crippen molar-refractivity contribution in [1.82, 2.24) is 4.90 Å². The Morgan fingerprint density at radius 3 is 2.63 bits per heavy atom. The molecule has 5 heteroatoms. The number of aliphatic hydroxyl groups excluding tert-OH is 1. The maximum absolute atomic E-state index is 12.3. The number of nitrogens with zero attached hydrogens (tertiary/aromatic N) is 1. The van der Waals surface area contributed by atoms with Gasteiger partial charge in [0.2, 0.25) is 0 Å². The van der Waals surface area contributed by atoms with Crippen molar-refractivity contribution in [3.8, 4) is 5.75 Å². The fourth-order valence-electron chi connectivity index (χ4n) is 2.43. The van der Waals surface area contributed by atoms with Gasteiger partial charge in [0.15, 0.2) is 0 Å². The number of piperidine rings is 1. The molecule has 0 aliphatic carbocycles. The predicted octanol–water partition coefficient (Wildman–Crippen LogP) is 2.28. The van der Waals surface area contributed by atoms with E-state index in [1.807, 2.05) is 0 Å². The SMILES string of the molecule is CC(O)C1CCN(C(=O)c2cc(Cl)ccc2O)CC1. The fraction of sp³-hybridized carbons (Fsp3) is 0.500. The van der Waals surface area contributed by atoms with Crippen molar-refractivity contribution in [2.45, 2.75) is 25.9 Å². The third-order valence-electron chi connectivity index (χ3n) is 3.70. The van der Waals surface area contributed by atoms with E-state index in [0.29, 0.717) is 18.1 Å². The zero-order chi connectivity index (χ0) is 14.0. The molecule has 1 heterocycles. The Morgan fingerprint density at radius 2 is 2.05 bits per heavy atom. The van der Waals surface area contributed by atoms with Crippen molar-refractivity contribution in [2.24, 2.45) is 5.92 Å². The summed E-state index contributed by atoms with van der Waals surface area (Å²) in [5.74, 6) is -0.00639. The molecular formula is C14H18ClNO3. The molecule has 1 aromatic carbocycles. The molecule has 1 atom stereocenters. The number of phenols is 1. The van der Waals surface area contributed by atoms with Crippen LogP contribution in [0.3, 0.4) is 0 Å². The molecule has 1 fully saturated rings. The number of aliphatic hydroxyl groups is 1. The molecule has 2 rings (SSSR count). The minimum Gasteiger partial charge on any atom is -0.507 e. The van der Waals surface area contributed by atoms with Crippen LogP contribution < -0.4 is 0 Å². The molecule has 19 heavy (non-hydrogen) atoms. The third kappa shape index (κ3) is 3.19. The van der Waals surface area contributed by atoms with Gasteiger partial charge in [-0.15, -0.1) is 0 Å². The first-order valence-corrected chi connectivity index (χ1v) is 6.82. The highest BCUT2D eigenvalue weighted by Crippen LogP contribution is 2.26. The summed E-state index contributed by atoms with van der Waals surface area (Å²) in [7, 11) is 0. The maximum Gasteiger partial charge on any atom is 0.257 e. The molecule has 0 spiro atoms. The lowest BCUT2D eigenvalue weighted by Gasteiger charge is -2.33. The highest BCUT2D eigenvalue weighted by molar-refractivity contribution is 6.31. The maximum atomic E-state index is 12.3. The lowest BCUT2D eigenvalue weighted by Crippen LogP contribution is -2.40. The largest absolute Gasteiger partial charge is 0.507 e. The van der Waals surface area contributed by atoms with Gasteiger partial charge in [-0.1, -0.05) is 11.6 Å². The summed E-state index contributed by atoms with van der Waals surface area (Å²) in [6.07, 6.45) is 1.23. The highest BCUT2D eigenvalue weighted by atomic mass is 35.5. The van der Waals surface area contributed by atoms with E-state index in [2.05, 4.69) is 0 Å². The molecule has 0 saturated carbocycles. The first-order valence-electron chi connectivity index (χ1n) is 6.45. The van der Waals surface area contributed by atoms with Crippen LogP contribution in [0.4, 0.5) is 0 Å². The Balaban J connectivity index is 2.07. The van der Waals surface area contributed by atoms with Gasteiger partial charge in [0, 0.05) is 18.1 Å². The van der Waals surface area contributed by atoms with E-state index in [1.54, 1.807) is 17.9 Å². The minimum atomic E-state index is -0.336. The number of carbonyl (C=O) groups excluding carboxylic acids is 1. The van der Waals surface area contributed by atoms with Crippen molar-refractivity contribution < 1.29 is 15.0 Å². The zero-order valence-electron chi connectivity index (χ0n) is 10.8. The van der Waals surface area contributed by atoms with E-state index in [-0.39, 0.29) is 29.2 Å². The second-order valence-electron chi connectivity index (χ2n) is 5.03. The summed E-state index contributed by atoms with van der Waals surface area (Å²) in [6.45, 7) is 2.98. The summed E-state index contributed by atoms with van der Waals surface area (Å²) >= 11 is 5.85. The van der Waals surface area contributed by atoms with Crippen LogP contribution in [0.15, 0.2) is 18.2 Å². The van der Waals surface area contributed by atoms with Gasteiger partial charge in [-0.2, -0.15) is 0 Å². The summed E-state index contributed by atoms with van der Waals surface area (Å²) in [4.78, 5) is 14.0. The van der Waals surface area contributed by atoms with Crippen molar-refractivity contribution in [1.29, 1.82) is 0 Å². The number of benzene rings is 1. The molecule has 1 saturated heterocycles. The van der Waals surface area contributed by atoms with Gasteiger partial charge in [0.05, 0.1) is 11.7 Å². The van der Waals surface area contributed by atoms with Gasteiger partial charge >= 0.3 is 0 Å². The van der Waals surface area contributed by atoms with Crippen LogP contribution in [0, 0.1) is 5.92 Å². The average molecular weight is 284 g/mol. The molecule has 0 radical (unpaired) electrons. The number of amides is 1. The van der Waals surface area contributed by atoms with Crippen molar-refractivity contribution >= 4 is 17.5 Å². The molecule has 1 amide bonds. The lowest BCUT2D eigenvalue weighted by atomic mass is 9.92. The Morgan fingerprint density at radius 1 is 1.42 bits per heavy atom. The quantitative estimate of drug-likeness (QED) is 0.875. The third-order valence-corrected chi connectivity index (χ3v) is 3.93. The summed E-state index contributed by atoms with van der Waals surface area (Å²) < 4.78 is 0. The number of rotatable bonds is 2. The van der Waals surface area contributed by atoms with Gasteiger partial charge in [0.1, 0.15) is 5.75 Å². The standard InChI is InChI=1S/C14H18ClNO3/c1-9(17)10-4-6-16(7-5-10)14(19)12-8-11(15)2-3-13(12)18/h2-3,8-10,17-18H,4-7H2,1H3. The van der Waals surface area contributed by atoms with E-state index in [0.717, 1.165) is 12.8 Å². The first kappa shape index (κ1) is 14.2. The van der Waals surface area contributed by atoms with Crippen LogP contribution in [0.5, 0.6) is 5.75 Å². The topological polar surface area (TPSA) is 60.8 Å². The van der Waals surface area contributed by atoms with Crippen LogP contribution >= 0.6 is 11.6 Å². The number of hydrogen-bond donors (Lipinski definition) is 2. The second kappa shape index (κ2) is 5.80. The number of hydrogen-bond acceptors (Lipinski definition) is 3. The first-order chi connectivity index (χ1) is 8.99. The molecule has 104 valence electrons. The molecular weight excluding hydrogens is 266 g/mol. The van der Waals surface area contributed by atoms with Crippen LogP contribution in [0.1, 0.15) is 30.1 Å². The minimum absolute atomic E-state index is 0.0490. The summed E-state index contributed by atoms with van der Waals surface area (Å²) in [5.41, 5.74) is 0.239. The summed E-state index contributed by atoms with van der Waals surface area (Å²) in [5, 5.41) is 19.7. The molecule has 2 N–H and O–H groups in total. The second-order valence-corrected chi connectivity index (χ2v) is 5.47. The van der Waals surface area contributed by atoms with Crippen LogP contribution in [-0.2, 0) is 0 Å². The molecule has 1 aliphatic rings. The number of phenolic OH excluding ortho intramolecular Hbond substituents is 1. The molecule has 1 aliphatic heterocycles. The molecule has 1 aromatic rings. The Hall–Kier alpha value is -1.26. The number of carbonyl (C=O) groups is 1. The smallest absolute Gasteiger partial charge is 0.257 e. The number of aromatic hydroxyl groups is 1. The number of halogens is 1. The van der Waals surface area contributed by atoms with Gasteiger partial charge in [-0.25, -0.2) is 0 Å².